The lowest BCUT2D eigenvalue weighted by Crippen LogP contribution is -1.99. The van der Waals surface area contributed by atoms with Crippen LogP contribution in [-0.2, 0) is 13.1 Å². The Kier molecular flexibility index (Phi) is 2.79. The molecule has 4 nitrogen and oxygen atoms in total. The molecule has 0 amide bonds. The third-order valence-corrected chi connectivity index (χ3v) is 2.49. The number of furan rings is 1. The zero-order valence-corrected chi connectivity index (χ0v) is 9.16. The number of hydrogen-bond acceptors (Lipinski definition) is 3. The predicted molar refractivity (Wildman–Crippen MR) is 57.7 cm³/mol. The van der Waals surface area contributed by atoms with Gasteiger partial charge in [0.15, 0.2) is 0 Å². The van der Waals surface area contributed by atoms with Crippen molar-refractivity contribution in [1.82, 2.24) is 9.78 Å². The predicted octanol–water partition coefficient (Wildman–Crippen LogP) is 1.94. The van der Waals surface area contributed by atoms with Gasteiger partial charge in [-0.15, -0.1) is 0 Å². The van der Waals surface area contributed by atoms with Gasteiger partial charge in [-0.3, -0.25) is 4.68 Å². The average molecular weight is 226 g/mol. The molecule has 0 spiro atoms. The molecule has 2 rings (SSSR count). The summed E-state index contributed by atoms with van der Waals surface area (Å²) in [4.78, 5) is 0. The number of halogens is 1. The SMILES string of the molecule is Cc1nn(Cc2ccc(CN)o2)cc1Cl. The Morgan fingerprint density at radius 3 is 2.73 bits per heavy atom. The Morgan fingerprint density at radius 2 is 2.20 bits per heavy atom. The van der Waals surface area contributed by atoms with Gasteiger partial charge in [-0.05, 0) is 19.1 Å². The summed E-state index contributed by atoms with van der Waals surface area (Å²) in [6, 6.07) is 3.76. The minimum Gasteiger partial charge on any atom is -0.463 e. The molecule has 2 aromatic heterocycles. The number of aromatic nitrogens is 2. The van der Waals surface area contributed by atoms with E-state index >= 15 is 0 Å². The summed E-state index contributed by atoms with van der Waals surface area (Å²) in [6.45, 7) is 2.86. The molecule has 0 aliphatic heterocycles. The molecular formula is C10H12ClN3O. The largest absolute Gasteiger partial charge is 0.463 e. The lowest BCUT2D eigenvalue weighted by Gasteiger charge is -1.96. The monoisotopic (exact) mass is 225 g/mol. The Labute approximate surface area is 92.6 Å². The Morgan fingerprint density at radius 1 is 1.47 bits per heavy atom. The van der Waals surface area contributed by atoms with Crippen LogP contribution in [0.3, 0.4) is 0 Å². The molecule has 2 aromatic rings. The summed E-state index contributed by atoms with van der Waals surface area (Å²) in [6.07, 6.45) is 1.78. The first-order valence-electron chi connectivity index (χ1n) is 4.66. The van der Waals surface area contributed by atoms with Crippen LogP contribution in [0.2, 0.25) is 5.02 Å². The van der Waals surface area contributed by atoms with E-state index < -0.39 is 0 Å². The lowest BCUT2D eigenvalue weighted by atomic mass is 10.4. The topological polar surface area (TPSA) is 57.0 Å². The number of nitrogens with zero attached hydrogens (tertiary/aromatic N) is 2. The molecule has 0 unspecified atom stereocenters. The Hall–Kier alpha value is -1.26. The molecule has 5 heteroatoms. The van der Waals surface area contributed by atoms with E-state index in [0.717, 1.165) is 17.2 Å². The van der Waals surface area contributed by atoms with E-state index in [-0.39, 0.29) is 0 Å². The van der Waals surface area contributed by atoms with Crippen molar-refractivity contribution in [1.29, 1.82) is 0 Å². The molecule has 80 valence electrons. The van der Waals surface area contributed by atoms with Gasteiger partial charge in [0.2, 0.25) is 0 Å². The average Bonchev–Trinajstić information content (AvgIpc) is 2.76. The van der Waals surface area contributed by atoms with Crippen LogP contribution in [0.25, 0.3) is 0 Å². The quantitative estimate of drug-likeness (QED) is 0.869. The number of rotatable bonds is 3. The van der Waals surface area contributed by atoms with Crippen molar-refractivity contribution in [2.24, 2.45) is 5.73 Å². The summed E-state index contributed by atoms with van der Waals surface area (Å²) >= 11 is 5.89. The Balaban J connectivity index is 2.14. The molecule has 2 heterocycles. The van der Waals surface area contributed by atoms with Crippen molar-refractivity contribution < 1.29 is 4.42 Å². The van der Waals surface area contributed by atoms with Crippen LogP contribution in [-0.4, -0.2) is 9.78 Å². The standard InChI is InChI=1S/C10H12ClN3O/c1-7-10(11)6-14(13-7)5-9-3-2-8(4-12)15-9/h2-3,6H,4-5,12H2,1H3. The van der Waals surface area contributed by atoms with Crippen LogP contribution < -0.4 is 5.73 Å². The van der Waals surface area contributed by atoms with Gasteiger partial charge in [-0.2, -0.15) is 5.10 Å². The second kappa shape index (κ2) is 4.08. The summed E-state index contributed by atoms with van der Waals surface area (Å²) < 4.78 is 7.20. The minimum atomic E-state index is 0.416. The van der Waals surface area contributed by atoms with E-state index in [1.54, 1.807) is 10.9 Å². The minimum absolute atomic E-state index is 0.416. The molecule has 0 saturated heterocycles. The second-order valence-electron chi connectivity index (χ2n) is 3.33. The highest BCUT2D eigenvalue weighted by atomic mass is 35.5. The highest BCUT2D eigenvalue weighted by molar-refractivity contribution is 6.31. The van der Waals surface area contributed by atoms with E-state index in [2.05, 4.69) is 5.10 Å². The van der Waals surface area contributed by atoms with E-state index in [4.69, 9.17) is 21.8 Å². The molecule has 0 aliphatic rings. The van der Waals surface area contributed by atoms with Crippen molar-refractivity contribution >= 4 is 11.6 Å². The number of aryl methyl sites for hydroxylation is 1. The molecule has 2 N–H and O–H groups in total. The fourth-order valence-corrected chi connectivity index (χ4v) is 1.50. The van der Waals surface area contributed by atoms with E-state index in [1.807, 2.05) is 19.1 Å². The van der Waals surface area contributed by atoms with E-state index in [9.17, 15) is 0 Å². The first-order chi connectivity index (χ1) is 7.19. The maximum Gasteiger partial charge on any atom is 0.125 e. The first-order valence-corrected chi connectivity index (χ1v) is 5.04. The molecule has 0 fully saturated rings. The zero-order chi connectivity index (χ0) is 10.8. The van der Waals surface area contributed by atoms with Crippen LogP contribution in [0.5, 0.6) is 0 Å². The van der Waals surface area contributed by atoms with Gasteiger partial charge >= 0.3 is 0 Å². The van der Waals surface area contributed by atoms with Gasteiger partial charge < -0.3 is 10.2 Å². The van der Waals surface area contributed by atoms with E-state index in [0.29, 0.717) is 18.1 Å². The van der Waals surface area contributed by atoms with E-state index in [1.165, 1.54) is 0 Å². The summed E-state index contributed by atoms with van der Waals surface area (Å²) in [7, 11) is 0. The first kappa shape index (κ1) is 10.3. The third kappa shape index (κ3) is 2.22. The molecule has 0 aromatic carbocycles. The maximum absolute atomic E-state index is 5.89. The highest BCUT2D eigenvalue weighted by Gasteiger charge is 2.05. The molecule has 0 bridgehead atoms. The highest BCUT2D eigenvalue weighted by Crippen LogP contribution is 2.14. The van der Waals surface area contributed by atoms with Crippen molar-refractivity contribution in [3.63, 3.8) is 0 Å². The number of nitrogens with two attached hydrogens (primary N) is 1. The van der Waals surface area contributed by atoms with Crippen molar-refractivity contribution in [2.75, 3.05) is 0 Å². The molecule has 0 atom stereocenters. The summed E-state index contributed by atoms with van der Waals surface area (Å²) in [5.74, 6) is 1.61. The lowest BCUT2D eigenvalue weighted by molar-refractivity contribution is 0.445. The molecule has 0 aliphatic carbocycles. The second-order valence-corrected chi connectivity index (χ2v) is 3.74. The van der Waals surface area contributed by atoms with Crippen molar-refractivity contribution in [3.05, 3.63) is 40.6 Å². The third-order valence-electron chi connectivity index (χ3n) is 2.12. The summed E-state index contributed by atoms with van der Waals surface area (Å²) in [5.41, 5.74) is 6.27. The maximum atomic E-state index is 5.89. The normalized spacial score (nSPS) is 10.9. The van der Waals surface area contributed by atoms with Gasteiger partial charge in [0.25, 0.3) is 0 Å². The number of hydrogen-bond donors (Lipinski definition) is 1. The fraction of sp³-hybridized carbons (Fsp3) is 0.300. The fourth-order valence-electron chi connectivity index (χ4n) is 1.35. The van der Waals surface area contributed by atoms with Crippen LogP contribution in [0.4, 0.5) is 0 Å². The van der Waals surface area contributed by atoms with Gasteiger partial charge in [0.05, 0.1) is 23.8 Å². The van der Waals surface area contributed by atoms with Crippen LogP contribution in [0, 0.1) is 6.92 Å². The zero-order valence-electron chi connectivity index (χ0n) is 8.40. The van der Waals surface area contributed by atoms with Crippen LogP contribution >= 0.6 is 11.6 Å². The van der Waals surface area contributed by atoms with Gasteiger partial charge in [-0.1, -0.05) is 11.6 Å². The Bertz CT molecular complexity index is 441. The van der Waals surface area contributed by atoms with Crippen LogP contribution in [0.1, 0.15) is 17.2 Å². The van der Waals surface area contributed by atoms with Gasteiger partial charge in [0.1, 0.15) is 11.5 Å². The van der Waals surface area contributed by atoms with Crippen molar-refractivity contribution in [3.8, 4) is 0 Å². The molecule has 0 radical (unpaired) electrons. The molecule has 15 heavy (non-hydrogen) atoms. The van der Waals surface area contributed by atoms with Crippen molar-refractivity contribution in [2.45, 2.75) is 20.0 Å². The smallest absolute Gasteiger partial charge is 0.125 e. The van der Waals surface area contributed by atoms with Crippen LogP contribution in [0.15, 0.2) is 22.7 Å². The van der Waals surface area contributed by atoms with Gasteiger partial charge in [-0.25, -0.2) is 0 Å². The molecular weight excluding hydrogens is 214 g/mol. The molecule has 0 saturated carbocycles. The summed E-state index contributed by atoms with van der Waals surface area (Å²) in [5, 5.41) is 4.90. The van der Waals surface area contributed by atoms with Gasteiger partial charge in [0, 0.05) is 6.20 Å².